The van der Waals surface area contributed by atoms with Crippen LogP contribution >= 0.6 is 0 Å². The smallest absolute Gasteiger partial charge is 0.313 e. The third-order valence-corrected chi connectivity index (χ3v) is 3.31. The van der Waals surface area contributed by atoms with E-state index in [1.165, 1.54) is 4.90 Å². The first kappa shape index (κ1) is 16.5. The Bertz CT molecular complexity index is 358. The molecule has 1 heterocycles. The first-order valence-corrected chi connectivity index (χ1v) is 7.51. The van der Waals surface area contributed by atoms with Crippen LogP contribution in [0.2, 0.25) is 0 Å². The molecule has 0 spiro atoms. The van der Waals surface area contributed by atoms with Gasteiger partial charge in [0, 0.05) is 13.0 Å². The van der Waals surface area contributed by atoms with Gasteiger partial charge in [-0.1, -0.05) is 39.5 Å². The van der Waals surface area contributed by atoms with Gasteiger partial charge in [-0.2, -0.15) is 5.01 Å². The van der Waals surface area contributed by atoms with Crippen molar-refractivity contribution in [1.82, 2.24) is 15.3 Å². The van der Waals surface area contributed by atoms with Gasteiger partial charge in [0.2, 0.25) is 5.91 Å². The highest BCUT2D eigenvalue weighted by Gasteiger charge is 2.36. The maximum atomic E-state index is 11.9. The largest absolute Gasteiger partial charge is 0.346 e. The van der Waals surface area contributed by atoms with E-state index in [2.05, 4.69) is 12.3 Å². The Labute approximate surface area is 120 Å². The first-order valence-electron chi connectivity index (χ1n) is 7.51. The zero-order valence-electron chi connectivity index (χ0n) is 12.5. The standard InChI is InChI=1S/C14H25N3O3/c1-3-5-7-8-9-12(18)15-17-13(19)11-16(14(17)20)10-6-4-2/h3-11H2,1-2H3,(H,15,18). The van der Waals surface area contributed by atoms with Crippen molar-refractivity contribution < 1.29 is 14.4 Å². The van der Waals surface area contributed by atoms with Gasteiger partial charge in [-0.3, -0.25) is 15.0 Å². The van der Waals surface area contributed by atoms with Crippen LogP contribution in [-0.4, -0.2) is 40.8 Å². The van der Waals surface area contributed by atoms with E-state index in [-0.39, 0.29) is 18.4 Å². The minimum Gasteiger partial charge on any atom is -0.313 e. The number of imide groups is 1. The predicted octanol–water partition coefficient (Wildman–Crippen LogP) is 2.05. The molecule has 0 bridgehead atoms. The van der Waals surface area contributed by atoms with Gasteiger partial charge in [0.15, 0.2) is 0 Å². The fourth-order valence-electron chi connectivity index (χ4n) is 2.08. The maximum absolute atomic E-state index is 11.9. The Hall–Kier alpha value is -1.59. The van der Waals surface area contributed by atoms with Crippen LogP contribution in [0.25, 0.3) is 0 Å². The van der Waals surface area contributed by atoms with E-state index in [9.17, 15) is 14.4 Å². The topological polar surface area (TPSA) is 69.7 Å². The van der Waals surface area contributed by atoms with Crippen LogP contribution in [0.3, 0.4) is 0 Å². The molecule has 0 aromatic carbocycles. The van der Waals surface area contributed by atoms with Crippen LogP contribution < -0.4 is 5.43 Å². The fraction of sp³-hybridized carbons (Fsp3) is 0.786. The highest BCUT2D eigenvalue weighted by Crippen LogP contribution is 2.10. The Morgan fingerprint density at radius 2 is 1.80 bits per heavy atom. The summed E-state index contributed by atoms with van der Waals surface area (Å²) < 4.78 is 0. The van der Waals surface area contributed by atoms with E-state index in [1.54, 1.807) is 0 Å². The van der Waals surface area contributed by atoms with Crippen molar-refractivity contribution in [3.8, 4) is 0 Å². The summed E-state index contributed by atoms with van der Waals surface area (Å²) >= 11 is 0. The monoisotopic (exact) mass is 283 g/mol. The lowest BCUT2D eigenvalue weighted by molar-refractivity contribution is -0.135. The molecular weight excluding hydrogens is 258 g/mol. The lowest BCUT2D eigenvalue weighted by atomic mass is 10.1. The highest BCUT2D eigenvalue weighted by molar-refractivity contribution is 6.03. The molecule has 0 saturated carbocycles. The number of hydrazine groups is 1. The SMILES string of the molecule is CCCCCCC(=O)NN1C(=O)CN(CCCC)C1=O. The summed E-state index contributed by atoms with van der Waals surface area (Å²) in [5.41, 5.74) is 2.42. The van der Waals surface area contributed by atoms with Crippen LogP contribution in [0.15, 0.2) is 0 Å². The van der Waals surface area contributed by atoms with Crippen molar-refractivity contribution in [2.75, 3.05) is 13.1 Å². The van der Waals surface area contributed by atoms with Gasteiger partial charge >= 0.3 is 6.03 Å². The van der Waals surface area contributed by atoms with E-state index < -0.39 is 6.03 Å². The van der Waals surface area contributed by atoms with E-state index in [0.29, 0.717) is 13.0 Å². The number of rotatable bonds is 9. The Morgan fingerprint density at radius 1 is 1.10 bits per heavy atom. The Balaban J connectivity index is 2.37. The van der Waals surface area contributed by atoms with E-state index in [1.807, 2.05) is 6.92 Å². The summed E-state index contributed by atoms with van der Waals surface area (Å²) in [7, 11) is 0. The second kappa shape index (κ2) is 8.55. The summed E-state index contributed by atoms with van der Waals surface area (Å²) in [6.45, 7) is 4.75. The van der Waals surface area contributed by atoms with Crippen molar-refractivity contribution in [3.05, 3.63) is 0 Å². The molecule has 4 amide bonds. The lowest BCUT2D eigenvalue weighted by Crippen LogP contribution is -2.46. The quantitative estimate of drug-likeness (QED) is 0.520. The average molecular weight is 283 g/mol. The second-order valence-corrected chi connectivity index (χ2v) is 5.13. The Kier molecular flexibility index (Phi) is 7.04. The van der Waals surface area contributed by atoms with E-state index in [4.69, 9.17) is 0 Å². The molecule has 6 nitrogen and oxygen atoms in total. The normalized spacial score (nSPS) is 15.1. The molecule has 0 unspecified atom stereocenters. The number of unbranched alkanes of at least 4 members (excludes halogenated alkanes) is 4. The lowest BCUT2D eigenvalue weighted by Gasteiger charge is -2.17. The van der Waals surface area contributed by atoms with E-state index in [0.717, 1.165) is 43.5 Å². The Morgan fingerprint density at radius 3 is 2.45 bits per heavy atom. The van der Waals surface area contributed by atoms with Crippen LogP contribution in [0.5, 0.6) is 0 Å². The minimum atomic E-state index is -0.412. The average Bonchev–Trinajstić information content (AvgIpc) is 2.69. The molecule has 0 radical (unpaired) electrons. The number of hydrogen-bond donors (Lipinski definition) is 1. The van der Waals surface area contributed by atoms with Crippen molar-refractivity contribution in [2.24, 2.45) is 0 Å². The predicted molar refractivity (Wildman–Crippen MR) is 75.6 cm³/mol. The van der Waals surface area contributed by atoms with Crippen molar-refractivity contribution in [3.63, 3.8) is 0 Å². The number of nitrogens with one attached hydrogen (secondary N) is 1. The molecule has 1 fully saturated rings. The first-order chi connectivity index (χ1) is 9.60. The van der Waals surface area contributed by atoms with Gasteiger partial charge in [-0.15, -0.1) is 0 Å². The van der Waals surface area contributed by atoms with Crippen molar-refractivity contribution in [2.45, 2.75) is 58.8 Å². The summed E-state index contributed by atoms with van der Waals surface area (Å²) in [5.74, 6) is -0.617. The van der Waals surface area contributed by atoms with Crippen molar-refractivity contribution in [1.29, 1.82) is 0 Å². The van der Waals surface area contributed by atoms with Crippen LogP contribution in [-0.2, 0) is 9.59 Å². The summed E-state index contributed by atoms with van der Waals surface area (Å²) in [6.07, 6.45) is 6.16. The molecule has 0 aromatic heterocycles. The second-order valence-electron chi connectivity index (χ2n) is 5.13. The highest BCUT2D eigenvalue weighted by atomic mass is 16.2. The van der Waals surface area contributed by atoms with Gasteiger partial charge in [0.25, 0.3) is 5.91 Å². The summed E-state index contributed by atoms with van der Waals surface area (Å²) in [5, 5.41) is 0.859. The molecule has 1 aliphatic rings. The van der Waals surface area contributed by atoms with Gasteiger partial charge in [0.05, 0.1) is 0 Å². The molecule has 1 rings (SSSR count). The number of urea groups is 1. The molecular formula is C14H25N3O3. The van der Waals surface area contributed by atoms with E-state index >= 15 is 0 Å². The van der Waals surface area contributed by atoms with Crippen LogP contribution in [0, 0.1) is 0 Å². The summed E-state index contributed by atoms with van der Waals surface area (Å²) in [4.78, 5) is 36.8. The van der Waals surface area contributed by atoms with Gasteiger partial charge in [-0.25, -0.2) is 4.79 Å². The third kappa shape index (κ3) is 4.83. The zero-order chi connectivity index (χ0) is 15.0. The molecule has 1 N–H and O–H groups in total. The molecule has 114 valence electrons. The number of carbonyl (C=O) groups excluding carboxylic acids is 3. The van der Waals surface area contributed by atoms with Crippen LogP contribution in [0.1, 0.15) is 58.8 Å². The molecule has 0 aromatic rings. The molecule has 0 aliphatic carbocycles. The van der Waals surface area contributed by atoms with Crippen LogP contribution in [0.4, 0.5) is 4.79 Å². The minimum absolute atomic E-state index is 0.0644. The molecule has 1 aliphatic heterocycles. The van der Waals surface area contributed by atoms with Gasteiger partial charge in [-0.05, 0) is 12.8 Å². The summed E-state index contributed by atoms with van der Waals surface area (Å²) in [6, 6.07) is -0.412. The number of amides is 4. The molecule has 20 heavy (non-hydrogen) atoms. The fourth-order valence-corrected chi connectivity index (χ4v) is 2.08. The number of carbonyl (C=O) groups is 3. The van der Waals surface area contributed by atoms with Gasteiger partial charge in [0.1, 0.15) is 6.54 Å². The van der Waals surface area contributed by atoms with Crippen molar-refractivity contribution >= 4 is 17.8 Å². The molecule has 1 saturated heterocycles. The van der Waals surface area contributed by atoms with Gasteiger partial charge < -0.3 is 4.90 Å². The zero-order valence-corrected chi connectivity index (χ0v) is 12.5. The molecule has 0 atom stereocenters. The number of hydrogen-bond acceptors (Lipinski definition) is 3. The third-order valence-electron chi connectivity index (χ3n) is 3.31. The number of nitrogens with zero attached hydrogens (tertiary/aromatic N) is 2. The molecule has 6 heteroatoms. The maximum Gasteiger partial charge on any atom is 0.346 e.